The van der Waals surface area contributed by atoms with Crippen LogP contribution < -0.4 is 15.8 Å². The van der Waals surface area contributed by atoms with Gasteiger partial charge in [0.1, 0.15) is 5.75 Å². The van der Waals surface area contributed by atoms with Gasteiger partial charge in [-0.3, -0.25) is 4.79 Å². The van der Waals surface area contributed by atoms with Gasteiger partial charge in [0.15, 0.2) is 6.61 Å². The van der Waals surface area contributed by atoms with Gasteiger partial charge >= 0.3 is 0 Å². The molecule has 0 atom stereocenters. The Morgan fingerprint density at radius 2 is 2.31 bits per heavy atom. The molecule has 0 unspecified atom stereocenters. The summed E-state index contributed by atoms with van der Waals surface area (Å²) in [6.07, 6.45) is 0. The minimum absolute atomic E-state index is 0.164. The number of hydrogen-bond donors (Lipinski definition) is 2. The molecule has 0 saturated carbocycles. The van der Waals surface area contributed by atoms with Gasteiger partial charge in [-0.05, 0) is 12.6 Å². The number of carbonyl (C=O) groups is 1. The molecule has 5 heteroatoms. The third-order valence-electron chi connectivity index (χ3n) is 1.97. The minimum atomic E-state index is -0.519. The van der Waals surface area contributed by atoms with E-state index in [0.717, 1.165) is 12.1 Å². The van der Waals surface area contributed by atoms with E-state index in [1.54, 1.807) is 6.07 Å². The number of ether oxygens (including phenoxy) is 1. The fourth-order valence-electron chi connectivity index (χ4n) is 1.26. The molecule has 0 radical (unpaired) electrons. The van der Waals surface area contributed by atoms with E-state index in [-0.39, 0.29) is 6.61 Å². The number of halogens is 1. The average molecular weight is 243 g/mol. The Bertz CT molecular complexity index is 369. The zero-order chi connectivity index (χ0) is 12.0. The summed E-state index contributed by atoms with van der Waals surface area (Å²) in [6, 6.07) is 5.45. The van der Waals surface area contributed by atoms with E-state index in [1.807, 2.05) is 19.1 Å². The summed E-state index contributed by atoms with van der Waals surface area (Å²) >= 11 is 5.99. The Kier molecular flexibility index (Phi) is 5.08. The maximum atomic E-state index is 10.6. The second-order valence-electron chi connectivity index (χ2n) is 3.26. The maximum absolute atomic E-state index is 10.6. The lowest BCUT2D eigenvalue weighted by molar-refractivity contribution is -0.119. The fraction of sp³-hybridized carbons (Fsp3) is 0.364. The van der Waals surface area contributed by atoms with E-state index < -0.39 is 5.91 Å². The third kappa shape index (κ3) is 3.72. The molecule has 1 aromatic rings. The van der Waals surface area contributed by atoms with Gasteiger partial charge in [-0.25, -0.2) is 0 Å². The van der Waals surface area contributed by atoms with E-state index in [4.69, 9.17) is 22.1 Å². The molecule has 0 spiro atoms. The van der Waals surface area contributed by atoms with Crippen molar-refractivity contribution in [2.24, 2.45) is 5.73 Å². The average Bonchev–Trinajstić information content (AvgIpc) is 2.24. The van der Waals surface area contributed by atoms with Crippen LogP contribution in [0.4, 0.5) is 0 Å². The predicted molar refractivity (Wildman–Crippen MR) is 63.5 cm³/mol. The number of nitrogens with one attached hydrogen (secondary N) is 1. The van der Waals surface area contributed by atoms with Gasteiger partial charge in [0.2, 0.25) is 0 Å². The van der Waals surface area contributed by atoms with Gasteiger partial charge in [-0.1, -0.05) is 30.7 Å². The molecule has 0 heterocycles. The largest absolute Gasteiger partial charge is 0.482 e. The van der Waals surface area contributed by atoms with Gasteiger partial charge in [-0.2, -0.15) is 0 Å². The van der Waals surface area contributed by atoms with Crippen LogP contribution >= 0.6 is 11.6 Å². The molecule has 88 valence electrons. The molecular weight excluding hydrogens is 228 g/mol. The van der Waals surface area contributed by atoms with Gasteiger partial charge in [0, 0.05) is 12.1 Å². The lowest BCUT2D eigenvalue weighted by atomic mass is 10.2. The molecular formula is C11H15ClN2O2. The first-order chi connectivity index (χ1) is 7.65. The van der Waals surface area contributed by atoms with E-state index >= 15 is 0 Å². The van der Waals surface area contributed by atoms with Crippen molar-refractivity contribution in [1.29, 1.82) is 0 Å². The van der Waals surface area contributed by atoms with Gasteiger partial charge in [0.25, 0.3) is 5.91 Å². The van der Waals surface area contributed by atoms with Crippen molar-refractivity contribution in [2.75, 3.05) is 13.2 Å². The minimum Gasteiger partial charge on any atom is -0.482 e. The highest BCUT2D eigenvalue weighted by molar-refractivity contribution is 6.32. The molecule has 4 nitrogen and oxygen atoms in total. The third-order valence-corrected chi connectivity index (χ3v) is 2.27. The molecule has 16 heavy (non-hydrogen) atoms. The van der Waals surface area contributed by atoms with Crippen LogP contribution in [0.15, 0.2) is 18.2 Å². The molecule has 0 aliphatic rings. The van der Waals surface area contributed by atoms with Crippen molar-refractivity contribution >= 4 is 17.5 Å². The number of hydrogen-bond acceptors (Lipinski definition) is 3. The topological polar surface area (TPSA) is 64.3 Å². The Balaban J connectivity index is 2.80. The Hall–Kier alpha value is -1.26. The summed E-state index contributed by atoms with van der Waals surface area (Å²) in [5, 5.41) is 3.65. The summed E-state index contributed by atoms with van der Waals surface area (Å²) in [5.74, 6) is -0.00163. The molecule has 1 rings (SSSR count). The van der Waals surface area contributed by atoms with E-state index in [0.29, 0.717) is 17.3 Å². The number of primary amides is 1. The van der Waals surface area contributed by atoms with Crippen molar-refractivity contribution < 1.29 is 9.53 Å². The number of para-hydroxylation sites is 1. The quantitative estimate of drug-likeness (QED) is 0.791. The maximum Gasteiger partial charge on any atom is 0.255 e. The number of benzene rings is 1. The molecule has 0 saturated heterocycles. The normalized spacial score (nSPS) is 10.1. The first kappa shape index (κ1) is 12.8. The molecule has 1 amide bonds. The Morgan fingerprint density at radius 3 is 2.94 bits per heavy atom. The first-order valence-electron chi connectivity index (χ1n) is 5.04. The molecule has 3 N–H and O–H groups in total. The summed E-state index contributed by atoms with van der Waals surface area (Å²) < 4.78 is 5.28. The van der Waals surface area contributed by atoms with Crippen LogP contribution in [0.2, 0.25) is 5.02 Å². The number of carbonyl (C=O) groups excluding carboxylic acids is 1. The van der Waals surface area contributed by atoms with E-state index in [1.165, 1.54) is 0 Å². The van der Waals surface area contributed by atoms with Gasteiger partial charge in [0.05, 0.1) is 5.02 Å². The van der Waals surface area contributed by atoms with Crippen molar-refractivity contribution in [1.82, 2.24) is 5.32 Å². The zero-order valence-corrected chi connectivity index (χ0v) is 9.88. The van der Waals surface area contributed by atoms with Crippen LogP contribution in [0.25, 0.3) is 0 Å². The van der Waals surface area contributed by atoms with E-state index in [9.17, 15) is 4.79 Å². The SMILES string of the molecule is CCNCc1cccc(Cl)c1OCC(N)=O. The first-order valence-corrected chi connectivity index (χ1v) is 5.42. The summed E-state index contributed by atoms with van der Waals surface area (Å²) in [7, 11) is 0. The zero-order valence-electron chi connectivity index (χ0n) is 9.13. The summed E-state index contributed by atoms with van der Waals surface area (Å²) in [4.78, 5) is 10.6. The summed E-state index contributed by atoms with van der Waals surface area (Å²) in [6.45, 7) is 3.34. The molecule has 0 aliphatic carbocycles. The van der Waals surface area contributed by atoms with E-state index in [2.05, 4.69) is 5.32 Å². The van der Waals surface area contributed by atoms with Gasteiger partial charge in [-0.15, -0.1) is 0 Å². The number of nitrogens with two attached hydrogens (primary N) is 1. The highest BCUT2D eigenvalue weighted by Crippen LogP contribution is 2.28. The van der Waals surface area contributed by atoms with Crippen molar-refractivity contribution in [3.05, 3.63) is 28.8 Å². The van der Waals surface area contributed by atoms with Gasteiger partial charge < -0.3 is 15.8 Å². The molecule has 0 aromatic heterocycles. The lowest BCUT2D eigenvalue weighted by Crippen LogP contribution is -2.21. The second-order valence-corrected chi connectivity index (χ2v) is 3.67. The second kappa shape index (κ2) is 6.35. The standard InChI is InChI=1S/C11H15ClN2O2/c1-2-14-6-8-4-3-5-9(12)11(8)16-7-10(13)15/h3-5,14H,2,6-7H2,1H3,(H2,13,15). The highest BCUT2D eigenvalue weighted by Gasteiger charge is 2.08. The van der Waals surface area contributed by atoms with Crippen molar-refractivity contribution in [2.45, 2.75) is 13.5 Å². The van der Waals surface area contributed by atoms with Crippen LogP contribution in [0.3, 0.4) is 0 Å². The van der Waals surface area contributed by atoms with Crippen LogP contribution in [-0.4, -0.2) is 19.1 Å². The molecule has 0 aliphatic heterocycles. The Morgan fingerprint density at radius 1 is 1.56 bits per heavy atom. The number of amides is 1. The Labute approximate surface area is 99.7 Å². The van der Waals surface area contributed by atoms with Crippen LogP contribution in [0, 0.1) is 0 Å². The van der Waals surface area contributed by atoms with Crippen molar-refractivity contribution in [3.63, 3.8) is 0 Å². The molecule has 1 aromatic carbocycles. The van der Waals surface area contributed by atoms with Crippen LogP contribution in [0.1, 0.15) is 12.5 Å². The molecule has 0 fully saturated rings. The summed E-state index contributed by atoms with van der Waals surface area (Å²) in [5.41, 5.74) is 5.93. The highest BCUT2D eigenvalue weighted by atomic mass is 35.5. The van der Waals surface area contributed by atoms with Crippen LogP contribution in [-0.2, 0) is 11.3 Å². The fourth-order valence-corrected chi connectivity index (χ4v) is 1.51. The predicted octanol–water partition coefficient (Wildman–Crippen LogP) is 1.31. The van der Waals surface area contributed by atoms with Crippen molar-refractivity contribution in [3.8, 4) is 5.75 Å². The van der Waals surface area contributed by atoms with Crippen LogP contribution in [0.5, 0.6) is 5.75 Å². The lowest BCUT2D eigenvalue weighted by Gasteiger charge is -2.12. The smallest absolute Gasteiger partial charge is 0.255 e. The number of rotatable bonds is 6. The molecule has 0 bridgehead atoms. The monoisotopic (exact) mass is 242 g/mol.